The summed E-state index contributed by atoms with van der Waals surface area (Å²) in [7, 11) is 0. The van der Waals surface area contributed by atoms with Crippen LogP contribution in [0.2, 0.25) is 0 Å². The second kappa shape index (κ2) is 3.87. The van der Waals surface area contributed by atoms with E-state index in [4.69, 9.17) is 0 Å². The summed E-state index contributed by atoms with van der Waals surface area (Å²) < 4.78 is 0. The molecule has 0 amide bonds. The van der Waals surface area contributed by atoms with Crippen molar-refractivity contribution < 1.29 is 4.79 Å². The van der Waals surface area contributed by atoms with Crippen molar-refractivity contribution in [2.45, 2.75) is 6.04 Å². The van der Waals surface area contributed by atoms with Gasteiger partial charge in [-0.15, -0.1) is 0 Å². The van der Waals surface area contributed by atoms with Crippen LogP contribution in [0.25, 0.3) is 0 Å². The van der Waals surface area contributed by atoms with E-state index in [1.165, 1.54) is 0 Å². The average Bonchev–Trinajstić information content (AvgIpc) is 2.30. The standard InChI is InChI=1S/C11H10N2O/c14-8-9-1-3-10(4-2-9)11-7-12-5-6-13-11/h1-8,11,13H. The molecule has 1 aromatic carbocycles. The highest BCUT2D eigenvalue weighted by atomic mass is 16.1. The minimum atomic E-state index is 0.112. The second-order valence-electron chi connectivity index (χ2n) is 3.04. The number of aldehydes is 1. The van der Waals surface area contributed by atoms with Gasteiger partial charge in [0.25, 0.3) is 0 Å². The zero-order chi connectivity index (χ0) is 9.80. The zero-order valence-electron chi connectivity index (χ0n) is 7.55. The van der Waals surface area contributed by atoms with Gasteiger partial charge < -0.3 is 5.32 Å². The fraction of sp³-hybridized carbons (Fsp3) is 0.0909. The molecule has 0 aromatic heterocycles. The second-order valence-corrected chi connectivity index (χ2v) is 3.04. The lowest BCUT2D eigenvalue weighted by Gasteiger charge is -2.14. The maximum Gasteiger partial charge on any atom is 0.150 e. The van der Waals surface area contributed by atoms with Crippen molar-refractivity contribution in [2.75, 3.05) is 0 Å². The molecule has 3 nitrogen and oxygen atoms in total. The lowest BCUT2D eigenvalue weighted by Crippen LogP contribution is -2.18. The van der Waals surface area contributed by atoms with Crippen molar-refractivity contribution in [3.63, 3.8) is 0 Å². The first-order valence-corrected chi connectivity index (χ1v) is 4.39. The van der Waals surface area contributed by atoms with Crippen LogP contribution in [0.4, 0.5) is 0 Å². The third kappa shape index (κ3) is 1.71. The van der Waals surface area contributed by atoms with Crippen LogP contribution >= 0.6 is 0 Å². The molecule has 0 radical (unpaired) electrons. The molecule has 0 bridgehead atoms. The minimum Gasteiger partial charge on any atom is -0.378 e. The van der Waals surface area contributed by atoms with Crippen LogP contribution in [0.1, 0.15) is 22.0 Å². The molecule has 0 aliphatic carbocycles. The van der Waals surface area contributed by atoms with Crippen LogP contribution in [0.15, 0.2) is 41.7 Å². The summed E-state index contributed by atoms with van der Waals surface area (Å²) in [6.07, 6.45) is 6.18. The molecule has 1 atom stereocenters. The summed E-state index contributed by atoms with van der Waals surface area (Å²) in [6.45, 7) is 0. The molecule has 0 saturated carbocycles. The number of hydrogen-bond acceptors (Lipinski definition) is 3. The summed E-state index contributed by atoms with van der Waals surface area (Å²) in [4.78, 5) is 14.5. The molecule has 2 rings (SSSR count). The first kappa shape index (κ1) is 8.69. The Bertz CT molecular complexity index is 379. The van der Waals surface area contributed by atoms with Crippen LogP contribution in [0.5, 0.6) is 0 Å². The number of benzene rings is 1. The van der Waals surface area contributed by atoms with E-state index < -0.39 is 0 Å². The van der Waals surface area contributed by atoms with Gasteiger partial charge in [0.05, 0.1) is 6.04 Å². The Balaban J connectivity index is 2.20. The van der Waals surface area contributed by atoms with E-state index in [-0.39, 0.29) is 6.04 Å². The van der Waals surface area contributed by atoms with Crippen LogP contribution < -0.4 is 5.32 Å². The fourth-order valence-corrected chi connectivity index (χ4v) is 1.33. The summed E-state index contributed by atoms with van der Waals surface area (Å²) in [6, 6.07) is 7.56. The zero-order valence-corrected chi connectivity index (χ0v) is 7.55. The van der Waals surface area contributed by atoms with Crippen LogP contribution in [-0.4, -0.2) is 12.5 Å². The van der Waals surface area contributed by atoms with E-state index in [0.717, 1.165) is 11.8 Å². The van der Waals surface area contributed by atoms with Gasteiger partial charge in [0.15, 0.2) is 0 Å². The Hall–Kier alpha value is -1.90. The lowest BCUT2D eigenvalue weighted by molar-refractivity contribution is 0.112. The van der Waals surface area contributed by atoms with Crippen molar-refractivity contribution >= 4 is 12.5 Å². The molecule has 1 aliphatic rings. The Morgan fingerprint density at radius 1 is 1.29 bits per heavy atom. The van der Waals surface area contributed by atoms with Gasteiger partial charge in [-0.3, -0.25) is 9.79 Å². The summed E-state index contributed by atoms with van der Waals surface area (Å²) >= 11 is 0. The predicted octanol–water partition coefficient (Wildman–Crippen LogP) is 1.69. The number of aliphatic imine (C=N–C) groups is 1. The lowest BCUT2D eigenvalue weighted by atomic mass is 10.1. The molecule has 3 heteroatoms. The molecular formula is C11H10N2O. The van der Waals surface area contributed by atoms with E-state index in [2.05, 4.69) is 10.3 Å². The molecular weight excluding hydrogens is 176 g/mol. The van der Waals surface area contributed by atoms with Gasteiger partial charge >= 0.3 is 0 Å². The van der Waals surface area contributed by atoms with E-state index in [0.29, 0.717) is 5.56 Å². The number of nitrogens with one attached hydrogen (secondary N) is 1. The number of nitrogens with zero attached hydrogens (tertiary/aromatic N) is 1. The molecule has 14 heavy (non-hydrogen) atoms. The smallest absolute Gasteiger partial charge is 0.150 e. The number of carbonyl (C=O) groups excluding carboxylic acids is 1. The average molecular weight is 186 g/mol. The number of rotatable bonds is 2. The number of carbonyl (C=O) groups is 1. The molecule has 70 valence electrons. The van der Waals surface area contributed by atoms with Crippen molar-refractivity contribution in [3.8, 4) is 0 Å². The Labute approximate surface area is 82.2 Å². The topological polar surface area (TPSA) is 41.5 Å². The van der Waals surface area contributed by atoms with Gasteiger partial charge in [-0.2, -0.15) is 0 Å². The number of hydrogen-bond donors (Lipinski definition) is 1. The van der Waals surface area contributed by atoms with E-state index in [9.17, 15) is 4.79 Å². The molecule has 1 aromatic rings. The predicted molar refractivity (Wildman–Crippen MR) is 55.3 cm³/mol. The first-order valence-electron chi connectivity index (χ1n) is 4.39. The van der Waals surface area contributed by atoms with E-state index in [1.54, 1.807) is 24.5 Å². The van der Waals surface area contributed by atoms with Gasteiger partial charge in [0.1, 0.15) is 6.29 Å². The Kier molecular flexibility index (Phi) is 2.40. The van der Waals surface area contributed by atoms with Crippen molar-refractivity contribution in [1.82, 2.24) is 5.32 Å². The molecule has 1 aliphatic heterocycles. The van der Waals surface area contributed by atoms with Crippen LogP contribution in [-0.2, 0) is 0 Å². The maximum atomic E-state index is 10.4. The van der Waals surface area contributed by atoms with Gasteiger partial charge in [-0.1, -0.05) is 24.3 Å². The largest absolute Gasteiger partial charge is 0.378 e. The van der Waals surface area contributed by atoms with Gasteiger partial charge in [0, 0.05) is 24.2 Å². The molecule has 1 N–H and O–H groups in total. The molecule has 0 saturated heterocycles. The van der Waals surface area contributed by atoms with Crippen molar-refractivity contribution in [3.05, 3.63) is 47.8 Å². The summed E-state index contributed by atoms with van der Waals surface area (Å²) in [5, 5.41) is 3.15. The molecule has 1 unspecified atom stereocenters. The quantitative estimate of drug-likeness (QED) is 0.714. The van der Waals surface area contributed by atoms with Gasteiger partial charge in [0.2, 0.25) is 0 Å². The Morgan fingerprint density at radius 3 is 2.64 bits per heavy atom. The normalized spacial score (nSPS) is 19.0. The fourth-order valence-electron chi connectivity index (χ4n) is 1.33. The van der Waals surface area contributed by atoms with Crippen molar-refractivity contribution in [1.29, 1.82) is 0 Å². The highest BCUT2D eigenvalue weighted by Gasteiger charge is 2.07. The van der Waals surface area contributed by atoms with Gasteiger partial charge in [-0.05, 0) is 5.56 Å². The third-order valence-corrected chi connectivity index (χ3v) is 2.10. The first-order chi connectivity index (χ1) is 6.90. The molecule has 1 heterocycles. The molecule has 0 fully saturated rings. The van der Waals surface area contributed by atoms with Gasteiger partial charge in [-0.25, -0.2) is 0 Å². The van der Waals surface area contributed by atoms with Crippen molar-refractivity contribution in [2.24, 2.45) is 4.99 Å². The summed E-state index contributed by atoms with van der Waals surface area (Å²) in [5.41, 5.74) is 1.79. The highest BCUT2D eigenvalue weighted by Crippen LogP contribution is 2.13. The van der Waals surface area contributed by atoms with E-state index >= 15 is 0 Å². The third-order valence-electron chi connectivity index (χ3n) is 2.10. The maximum absolute atomic E-state index is 10.4. The van der Waals surface area contributed by atoms with Crippen LogP contribution in [0, 0.1) is 0 Å². The highest BCUT2D eigenvalue weighted by molar-refractivity contribution is 5.75. The summed E-state index contributed by atoms with van der Waals surface area (Å²) in [5.74, 6) is 0. The van der Waals surface area contributed by atoms with E-state index in [1.807, 2.05) is 18.3 Å². The monoisotopic (exact) mass is 186 g/mol. The van der Waals surface area contributed by atoms with Crippen LogP contribution in [0.3, 0.4) is 0 Å². The minimum absolute atomic E-state index is 0.112. The molecule has 0 spiro atoms. The Morgan fingerprint density at radius 2 is 2.07 bits per heavy atom. The SMILES string of the molecule is O=Cc1ccc(C2C=NC=CN2)cc1.